The number of aliphatic hydroxyl groups excluding tert-OH is 4. The van der Waals surface area contributed by atoms with Gasteiger partial charge >= 0.3 is 0 Å². The fourth-order valence-corrected chi connectivity index (χ4v) is 2.88. The molecule has 4 atom stereocenters. The predicted octanol–water partition coefficient (Wildman–Crippen LogP) is -0.0672. The van der Waals surface area contributed by atoms with Gasteiger partial charge in [-0.1, -0.05) is 18.2 Å². The molecular weight excluding hydrogens is 316 g/mol. The Morgan fingerprint density at radius 3 is 2.33 bits per heavy atom. The van der Waals surface area contributed by atoms with E-state index in [0.717, 1.165) is 0 Å². The lowest BCUT2D eigenvalue weighted by Gasteiger charge is -2.32. The molecule has 0 saturated carbocycles. The van der Waals surface area contributed by atoms with Crippen LogP contribution in [0.3, 0.4) is 0 Å². The summed E-state index contributed by atoms with van der Waals surface area (Å²) in [5.74, 6) is 0.142. The van der Waals surface area contributed by atoms with Crippen molar-refractivity contribution in [2.45, 2.75) is 37.3 Å². The van der Waals surface area contributed by atoms with E-state index in [1.54, 1.807) is 24.3 Å². The number of phenols is 1. The van der Waals surface area contributed by atoms with Gasteiger partial charge in [-0.3, -0.25) is 4.79 Å². The van der Waals surface area contributed by atoms with E-state index in [-0.39, 0.29) is 29.3 Å². The molecule has 5 N–H and O–H groups in total. The summed E-state index contributed by atoms with van der Waals surface area (Å²) in [4.78, 5) is 12.2. The van der Waals surface area contributed by atoms with E-state index >= 15 is 0 Å². The Labute approximate surface area is 137 Å². The molecule has 1 aliphatic carbocycles. The number of aliphatic hydroxyl groups is 4. The maximum absolute atomic E-state index is 12.2. The van der Waals surface area contributed by atoms with Gasteiger partial charge in [-0.2, -0.15) is 0 Å². The van der Waals surface area contributed by atoms with Crippen molar-refractivity contribution >= 4 is 0 Å². The Kier molecular flexibility index (Phi) is 4.42. The lowest BCUT2D eigenvalue weighted by atomic mass is 9.87. The van der Waals surface area contributed by atoms with E-state index in [0.29, 0.717) is 12.0 Å². The van der Waals surface area contributed by atoms with Gasteiger partial charge in [0.25, 0.3) is 0 Å². The van der Waals surface area contributed by atoms with Crippen molar-refractivity contribution in [1.29, 1.82) is 0 Å². The minimum atomic E-state index is -1.66. The van der Waals surface area contributed by atoms with Crippen LogP contribution >= 0.6 is 0 Å². The molecule has 0 saturated heterocycles. The van der Waals surface area contributed by atoms with Crippen molar-refractivity contribution in [2.75, 3.05) is 0 Å². The standard InChI is InChI=1S/C17H18O7/c18-10-4-2-1-3-8(10)5-6-9-7-11(19)12-13(20)14(21)15(22)16(23)17(12)24-9/h1-4,7,13-16,18,20-23H,5-6H2/t13-,14+,15-,16+/m0/s1. The molecule has 0 bridgehead atoms. The number of hydrogen-bond donors (Lipinski definition) is 5. The SMILES string of the molecule is O=c1cc(CCc2ccccc2O)oc2c1[C@H](O)[C@@H](O)[C@H](O)[C@H]2O. The van der Waals surface area contributed by atoms with Gasteiger partial charge in [-0.15, -0.1) is 0 Å². The third-order valence-electron chi connectivity index (χ3n) is 4.26. The summed E-state index contributed by atoms with van der Waals surface area (Å²) in [6, 6.07) is 7.94. The van der Waals surface area contributed by atoms with Gasteiger partial charge in [-0.05, 0) is 18.1 Å². The summed E-state index contributed by atoms with van der Waals surface area (Å²) in [6.07, 6.45) is -5.86. The second-order valence-electron chi connectivity index (χ2n) is 5.85. The minimum absolute atomic E-state index is 0.131. The molecule has 1 aliphatic rings. The first-order valence-electron chi connectivity index (χ1n) is 7.56. The number of hydrogen-bond acceptors (Lipinski definition) is 7. The van der Waals surface area contributed by atoms with Crippen molar-refractivity contribution in [2.24, 2.45) is 0 Å². The van der Waals surface area contributed by atoms with E-state index in [1.807, 2.05) is 0 Å². The predicted molar refractivity (Wildman–Crippen MR) is 82.4 cm³/mol. The molecule has 0 spiro atoms. The maximum Gasteiger partial charge on any atom is 0.191 e. The smallest absolute Gasteiger partial charge is 0.191 e. The van der Waals surface area contributed by atoms with E-state index in [1.165, 1.54) is 6.07 Å². The van der Waals surface area contributed by atoms with Crippen molar-refractivity contribution in [1.82, 2.24) is 0 Å². The molecule has 0 radical (unpaired) electrons. The van der Waals surface area contributed by atoms with Crippen LogP contribution in [0.4, 0.5) is 0 Å². The quantitative estimate of drug-likeness (QED) is 0.531. The summed E-state index contributed by atoms with van der Waals surface area (Å²) < 4.78 is 5.48. The first-order valence-corrected chi connectivity index (χ1v) is 7.56. The van der Waals surface area contributed by atoms with Crippen molar-refractivity contribution in [3.63, 3.8) is 0 Å². The fourth-order valence-electron chi connectivity index (χ4n) is 2.88. The molecule has 2 aromatic rings. The molecule has 0 aliphatic heterocycles. The summed E-state index contributed by atoms with van der Waals surface area (Å²) in [5.41, 5.74) is -0.151. The number of aryl methyl sites for hydroxylation is 2. The highest BCUT2D eigenvalue weighted by atomic mass is 16.4. The highest BCUT2D eigenvalue weighted by Crippen LogP contribution is 2.35. The van der Waals surface area contributed by atoms with Crippen LogP contribution in [-0.4, -0.2) is 37.7 Å². The van der Waals surface area contributed by atoms with E-state index in [4.69, 9.17) is 4.42 Å². The van der Waals surface area contributed by atoms with Crippen LogP contribution in [0.15, 0.2) is 39.5 Å². The fraction of sp³-hybridized carbons (Fsp3) is 0.353. The molecule has 0 unspecified atom stereocenters. The van der Waals surface area contributed by atoms with Crippen LogP contribution in [0, 0.1) is 0 Å². The van der Waals surface area contributed by atoms with Gasteiger partial charge in [0, 0.05) is 12.5 Å². The number of phenolic OH excluding ortho intramolecular Hbond substituents is 1. The number of fused-ring (bicyclic) bond motifs is 1. The number of rotatable bonds is 3. The van der Waals surface area contributed by atoms with Crippen LogP contribution in [0.2, 0.25) is 0 Å². The Morgan fingerprint density at radius 1 is 0.958 bits per heavy atom. The van der Waals surface area contributed by atoms with Crippen molar-refractivity contribution < 1.29 is 29.9 Å². The summed E-state index contributed by atoms with van der Waals surface area (Å²) in [7, 11) is 0. The van der Waals surface area contributed by atoms with Crippen LogP contribution in [0.1, 0.15) is 34.9 Å². The zero-order chi connectivity index (χ0) is 17.4. The largest absolute Gasteiger partial charge is 0.508 e. The van der Waals surface area contributed by atoms with Crippen LogP contribution in [-0.2, 0) is 12.8 Å². The molecule has 1 aromatic heterocycles. The zero-order valence-corrected chi connectivity index (χ0v) is 12.7. The second kappa shape index (κ2) is 6.37. The summed E-state index contributed by atoms with van der Waals surface area (Å²) in [5, 5.41) is 49.1. The third kappa shape index (κ3) is 2.83. The van der Waals surface area contributed by atoms with Gasteiger partial charge in [-0.25, -0.2) is 0 Å². The highest BCUT2D eigenvalue weighted by Gasteiger charge is 2.43. The molecule has 0 fully saturated rings. The minimum Gasteiger partial charge on any atom is -0.508 e. The molecule has 0 amide bonds. The zero-order valence-electron chi connectivity index (χ0n) is 12.7. The molecule has 1 heterocycles. The molecule has 24 heavy (non-hydrogen) atoms. The average molecular weight is 334 g/mol. The molecule has 1 aromatic carbocycles. The second-order valence-corrected chi connectivity index (χ2v) is 5.85. The molecule has 128 valence electrons. The highest BCUT2D eigenvalue weighted by molar-refractivity contribution is 5.33. The van der Waals surface area contributed by atoms with E-state index in [2.05, 4.69) is 0 Å². The number of para-hydroxylation sites is 1. The van der Waals surface area contributed by atoms with Gasteiger partial charge in [0.15, 0.2) is 5.43 Å². The van der Waals surface area contributed by atoms with Crippen molar-refractivity contribution in [3.05, 3.63) is 63.2 Å². The Balaban J connectivity index is 1.91. The first kappa shape index (κ1) is 16.7. The van der Waals surface area contributed by atoms with Gasteiger partial charge in [0.1, 0.15) is 41.7 Å². The van der Waals surface area contributed by atoms with Gasteiger partial charge < -0.3 is 29.9 Å². The van der Waals surface area contributed by atoms with Crippen LogP contribution < -0.4 is 5.43 Å². The van der Waals surface area contributed by atoms with E-state index < -0.39 is 29.8 Å². The van der Waals surface area contributed by atoms with Crippen molar-refractivity contribution in [3.8, 4) is 5.75 Å². The Hall–Kier alpha value is -2.19. The topological polar surface area (TPSA) is 131 Å². The summed E-state index contributed by atoms with van der Waals surface area (Å²) in [6.45, 7) is 0. The first-order chi connectivity index (χ1) is 11.4. The molecular formula is C17H18O7. The lowest BCUT2D eigenvalue weighted by molar-refractivity contribution is -0.128. The lowest BCUT2D eigenvalue weighted by Crippen LogP contribution is -2.44. The van der Waals surface area contributed by atoms with Gasteiger partial charge in [0.2, 0.25) is 0 Å². The normalized spacial score (nSPS) is 26.2. The van der Waals surface area contributed by atoms with E-state index in [9.17, 15) is 30.3 Å². The molecule has 7 heteroatoms. The Morgan fingerprint density at radius 2 is 1.62 bits per heavy atom. The third-order valence-corrected chi connectivity index (χ3v) is 4.26. The molecule has 7 nitrogen and oxygen atoms in total. The van der Waals surface area contributed by atoms with Crippen LogP contribution in [0.5, 0.6) is 5.75 Å². The maximum atomic E-state index is 12.2. The molecule has 3 rings (SSSR count). The van der Waals surface area contributed by atoms with Gasteiger partial charge in [0.05, 0.1) is 5.56 Å². The van der Waals surface area contributed by atoms with Crippen LogP contribution in [0.25, 0.3) is 0 Å². The summed E-state index contributed by atoms with van der Waals surface area (Å²) >= 11 is 0. The number of benzene rings is 1. The number of aromatic hydroxyl groups is 1. The monoisotopic (exact) mass is 334 g/mol. The average Bonchev–Trinajstić information content (AvgIpc) is 2.57. The Bertz CT molecular complexity index is 798.